The van der Waals surface area contributed by atoms with E-state index in [2.05, 4.69) is 11.9 Å². The van der Waals surface area contributed by atoms with Crippen molar-refractivity contribution in [2.75, 3.05) is 0 Å². The van der Waals surface area contributed by atoms with E-state index in [1.54, 1.807) is 0 Å². The van der Waals surface area contributed by atoms with E-state index >= 15 is 0 Å². The van der Waals surface area contributed by atoms with Gasteiger partial charge in [0.1, 0.15) is 17.4 Å². The first-order valence-corrected chi connectivity index (χ1v) is 7.79. The van der Waals surface area contributed by atoms with Crippen molar-refractivity contribution in [3.05, 3.63) is 45.4 Å². The number of hydrogen-bond donors (Lipinski definition) is 1. The minimum atomic E-state index is -0.817. The van der Waals surface area contributed by atoms with Crippen molar-refractivity contribution in [1.29, 1.82) is 0 Å². The van der Waals surface area contributed by atoms with Crippen LogP contribution in [-0.4, -0.2) is 16.1 Å². The van der Waals surface area contributed by atoms with Crippen molar-refractivity contribution >= 4 is 17.3 Å². The van der Waals surface area contributed by atoms with Gasteiger partial charge in [0, 0.05) is 4.88 Å². The number of aliphatic carboxylic acids is 1. The van der Waals surface area contributed by atoms with Gasteiger partial charge in [0.2, 0.25) is 0 Å². The number of carboxylic acids is 1. The molecule has 1 N–H and O–H groups in total. The third-order valence-electron chi connectivity index (χ3n) is 2.97. The van der Waals surface area contributed by atoms with Crippen LogP contribution in [0.3, 0.4) is 0 Å². The van der Waals surface area contributed by atoms with Gasteiger partial charge in [0.25, 0.3) is 0 Å². The third-order valence-corrected chi connectivity index (χ3v) is 4.04. The van der Waals surface area contributed by atoms with Gasteiger partial charge >= 0.3 is 5.97 Å². The normalized spacial score (nSPS) is 10.6. The molecule has 4 nitrogen and oxygen atoms in total. The van der Waals surface area contributed by atoms with Crippen LogP contribution in [0, 0.1) is 6.92 Å². The summed E-state index contributed by atoms with van der Waals surface area (Å²) in [5.74, 6) is -0.0100. The first kappa shape index (κ1) is 15.5. The number of ether oxygens (including phenoxy) is 1. The van der Waals surface area contributed by atoms with Gasteiger partial charge in [-0.3, -0.25) is 4.79 Å². The molecule has 21 heavy (non-hydrogen) atoms. The van der Waals surface area contributed by atoms with E-state index in [1.807, 2.05) is 31.2 Å². The lowest BCUT2D eigenvalue weighted by molar-refractivity contribution is -0.136. The second kappa shape index (κ2) is 7.22. The molecule has 0 aliphatic heterocycles. The van der Waals surface area contributed by atoms with Crippen LogP contribution in [0.25, 0.3) is 0 Å². The van der Waals surface area contributed by atoms with E-state index < -0.39 is 5.97 Å². The maximum absolute atomic E-state index is 10.9. The van der Waals surface area contributed by atoms with E-state index in [1.165, 1.54) is 11.3 Å². The molecule has 5 heteroatoms. The summed E-state index contributed by atoms with van der Waals surface area (Å²) in [5, 5.41) is 9.78. The number of carboxylic acid groups (broad SMARTS) is 1. The smallest absolute Gasteiger partial charge is 0.308 e. The Balaban J connectivity index is 2.07. The van der Waals surface area contributed by atoms with Crippen molar-refractivity contribution in [3.63, 3.8) is 0 Å². The fourth-order valence-electron chi connectivity index (χ4n) is 2.06. The van der Waals surface area contributed by atoms with Crippen molar-refractivity contribution in [1.82, 2.24) is 4.98 Å². The lowest BCUT2D eigenvalue weighted by atomic mass is 10.2. The summed E-state index contributed by atoms with van der Waals surface area (Å²) in [6, 6.07) is 7.84. The van der Waals surface area contributed by atoms with Crippen molar-refractivity contribution in [3.8, 4) is 5.75 Å². The zero-order valence-electron chi connectivity index (χ0n) is 12.3. The highest BCUT2D eigenvalue weighted by atomic mass is 32.1. The van der Waals surface area contributed by atoms with E-state index in [0.717, 1.165) is 39.7 Å². The number of aryl methyl sites for hydroxylation is 2. The standard InChI is InChI=1S/C16H19NO3S/c1-3-5-13-14(9-16(18)19)21-15(17-13)10-20-12-7-4-6-11(2)8-12/h4,6-8H,3,5,9-10H2,1-2H3,(H,18,19). The first-order chi connectivity index (χ1) is 10.1. The van der Waals surface area contributed by atoms with Crippen molar-refractivity contribution < 1.29 is 14.6 Å². The molecule has 0 aliphatic carbocycles. The summed E-state index contributed by atoms with van der Waals surface area (Å²) in [6.07, 6.45) is 1.80. The Labute approximate surface area is 128 Å². The van der Waals surface area contributed by atoms with Crippen LogP contribution >= 0.6 is 11.3 Å². The Kier molecular flexibility index (Phi) is 5.33. The highest BCUT2D eigenvalue weighted by Crippen LogP contribution is 2.23. The zero-order valence-corrected chi connectivity index (χ0v) is 13.1. The molecule has 0 radical (unpaired) electrons. The van der Waals surface area contributed by atoms with Gasteiger partial charge in [-0.15, -0.1) is 11.3 Å². The average molecular weight is 305 g/mol. The van der Waals surface area contributed by atoms with E-state index in [9.17, 15) is 4.79 Å². The van der Waals surface area contributed by atoms with Crippen molar-refractivity contribution in [2.45, 2.75) is 39.7 Å². The van der Waals surface area contributed by atoms with Crippen LogP contribution in [0.4, 0.5) is 0 Å². The largest absolute Gasteiger partial charge is 0.486 e. The van der Waals surface area contributed by atoms with Gasteiger partial charge in [-0.05, 0) is 31.0 Å². The molecular weight excluding hydrogens is 286 g/mol. The molecule has 0 bridgehead atoms. The van der Waals surface area contributed by atoms with Crippen LogP contribution < -0.4 is 4.74 Å². The molecule has 0 aliphatic rings. The van der Waals surface area contributed by atoms with E-state index in [0.29, 0.717) is 6.61 Å². The van der Waals surface area contributed by atoms with Crippen LogP contribution in [0.15, 0.2) is 24.3 Å². The number of benzene rings is 1. The molecule has 0 saturated heterocycles. The highest BCUT2D eigenvalue weighted by Gasteiger charge is 2.13. The van der Waals surface area contributed by atoms with E-state index in [-0.39, 0.29) is 6.42 Å². The van der Waals surface area contributed by atoms with Crippen LogP contribution in [0.5, 0.6) is 5.75 Å². The Morgan fingerprint density at radius 1 is 1.43 bits per heavy atom. The van der Waals surface area contributed by atoms with Crippen LogP contribution in [-0.2, 0) is 24.2 Å². The molecule has 1 heterocycles. The summed E-state index contributed by atoms with van der Waals surface area (Å²) in [4.78, 5) is 16.3. The van der Waals surface area contributed by atoms with Gasteiger partial charge in [0.15, 0.2) is 0 Å². The Hall–Kier alpha value is -1.88. The number of rotatable bonds is 7. The molecule has 0 unspecified atom stereocenters. The summed E-state index contributed by atoms with van der Waals surface area (Å²) in [7, 11) is 0. The van der Waals surface area contributed by atoms with Gasteiger partial charge < -0.3 is 9.84 Å². The SMILES string of the molecule is CCCc1nc(COc2cccc(C)c2)sc1CC(=O)O. The molecule has 0 spiro atoms. The molecule has 0 amide bonds. The summed E-state index contributed by atoms with van der Waals surface area (Å²) >= 11 is 1.43. The van der Waals surface area contributed by atoms with Gasteiger partial charge in [-0.2, -0.15) is 0 Å². The predicted octanol–water partition coefficient (Wildman–Crippen LogP) is 3.61. The second-order valence-corrected chi connectivity index (χ2v) is 6.07. The molecule has 0 fully saturated rings. The number of carbonyl (C=O) groups is 1. The molecule has 1 aromatic carbocycles. The van der Waals surface area contributed by atoms with Crippen LogP contribution in [0.1, 0.15) is 34.5 Å². The number of aromatic nitrogens is 1. The summed E-state index contributed by atoms with van der Waals surface area (Å²) < 4.78 is 5.72. The predicted molar refractivity (Wildman–Crippen MR) is 83.0 cm³/mol. The Morgan fingerprint density at radius 2 is 2.24 bits per heavy atom. The number of nitrogens with zero attached hydrogens (tertiary/aromatic N) is 1. The lowest BCUT2D eigenvalue weighted by Crippen LogP contribution is -2.01. The fraction of sp³-hybridized carbons (Fsp3) is 0.375. The minimum absolute atomic E-state index is 0.0391. The Bertz CT molecular complexity index is 622. The molecule has 0 atom stereocenters. The molecule has 0 saturated carbocycles. The van der Waals surface area contributed by atoms with Crippen LogP contribution in [0.2, 0.25) is 0 Å². The van der Waals surface area contributed by atoms with Gasteiger partial charge in [-0.25, -0.2) is 4.98 Å². The molecule has 2 rings (SSSR count). The molecule has 2 aromatic rings. The fourth-order valence-corrected chi connectivity index (χ4v) is 3.08. The number of thiazole rings is 1. The van der Waals surface area contributed by atoms with Crippen molar-refractivity contribution in [2.24, 2.45) is 0 Å². The summed E-state index contributed by atoms with van der Waals surface area (Å²) in [5.41, 5.74) is 2.04. The second-order valence-electron chi connectivity index (χ2n) is 4.90. The molecule has 1 aromatic heterocycles. The van der Waals surface area contributed by atoms with Gasteiger partial charge in [-0.1, -0.05) is 25.5 Å². The third kappa shape index (κ3) is 4.56. The van der Waals surface area contributed by atoms with Gasteiger partial charge in [0.05, 0.1) is 12.1 Å². The number of hydrogen-bond acceptors (Lipinski definition) is 4. The molecular formula is C16H19NO3S. The quantitative estimate of drug-likeness (QED) is 0.849. The topological polar surface area (TPSA) is 59.4 Å². The van der Waals surface area contributed by atoms with E-state index in [4.69, 9.17) is 9.84 Å². The lowest BCUT2D eigenvalue weighted by Gasteiger charge is -2.04. The minimum Gasteiger partial charge on any atom is -0.486 e. The maximum atomic E-state index is 10.9. The summed E-state index contributed by atoms with van der Waals surface area (Å²) in [6.45, 7) is 4.46. The first-order valence-electron chi connectivity index (χ1n) is 6.97. The molecule has 112 valence electrons. The highest BCUT2D eigenvalue weighted by molar-refractivity contribution is 7.11. The monoisotopic (exact) mass is 305 g/mol. The zero-order chi connectivity index (χ0) is 15.2. The Morgan fingerprint density at radius 3 is 2.90 bits per heavy atom. The average Bonchev–Trinajstić information content (AvgIpc) is 2.78. The maximum Gasteiger partial charge on any atom is 0.308 e.